The van der Waals surface area contributed by atoms with Crippen LogP contribution in [0, 0.1) is 0 Å². The van der Waals surface area contributed by atoms with Gasteiger partial charge in [0.1, 0.15) is 0 Å². The van der Waals surface area contributed by atoms with Gasteiger partial charge in [0.2, 0.25) is 0 Å². The van der Waals surface area contributed by atoms with Crippen LogP contribution >= 0.6 is 0 Å². The van der Waals surface area contributed by atoms with Gasteiger partial charge in [-0.05, 0) is 137 Å². The quantitative estimate of drug-likeness (QED) is 0.146. The third kappa shape index (κ3) is 5.93. The van der Waals surface area contributed by atoms with Gasteiger partial charge in [0.25, 0.3) is 0 Å². The third-order valence-corrected chi connectivity index (χ3v) is 12.7. The molecule has 10 aromatic rings. The van der Waals surface area contributed by atoms with Gasteiger partial charge in [-0.2, -0.15) is 0 Å². The maximum absolute atomic E-state index is 2.41. The fourth-order valence-electron chi connectivity index (χ4n) is 9.71. The lowest BCUT2D eigenvalue weighted by Gasteiger charge is -2.26. The molecule has 284 valence electrons. The van der Waals surface area contributed by atoms with E-state index in [0.717, 1.165) is 17.1 Å². The highest BCUT2D eigenvalue weighted by atomic mass is 15.1. The summed E-state index contributed by atoms with van der Waals surface area (Å²) in [5, 5.41) is 5.09. The summed E-state index contributed by atoms with van der Waals surface area (Å²) in [6.45, 7) is 4.72. The van der Waals surface area contributed by atoms with Gasteiger partial charge < -0.3 is 4.90 Å². The van der Waals surface area contributed by atoms with Gasteiger partial charge in [-0.1, -0.05) is 190 Å². The smallest absolute Gasteiger partial charge is 0.0462 e. The molecule has 0 amide bonds. The summed E-state index contributed by atoms with van der Waals surface area (Å²) >= 11 is 0. The van der Waals surface area contributed by atoms with Crippen molar-refractivity contribution in [3.8, 4) is 55.6 Å². The first kappa shape index (κ1) is 35.7. The molecular weight excluding hydrogens is 723 g/mol. The molecule has 0 unspecified atom stereocenters. The van der Waals surface area contributed by atoms with Crippen molar-refractivity contribution in [3.05, 3.63) is 236 Å². The molecule has 1 aliphatic rings. The molecule has 1 aliphatic carbocycles. The van der Waals surface area contributed by atoms with Crippen molar-refractivity contribution in [2.75, 3.05) is 4.90 Å². The van der Waals surface area contributed by atoms with Crippen molar-refractivity contribution < 1.29 is 0 Å². The third-order valence-electron chi connectivity index (χ3n) is 12.7. The van der Waals surface area contributed by atoms with E-state index in [2.05, 4.69) is 243 Å². The van der Waals surface area contributed by atoms with E-state index in [-0.39, 0.29) is 5.41 Å². The van der Waals surface area contributed by atoms with E-state index in [4.69, 9.17) is 0 Å². The Kier molecular flexibility index (Phi) is 8.57. The number of rotatable bonds is 7. The highest BCUT2D eigenvalue weighted by molar-refractivity contribution is 6.13. The summed E-state index contributed by atoms with van der Waals surface area (Å²) < 4.78 is 0. The van der Waals surface area contributed by atoms with Gasteiger partial charge in [-0.3, -0.25) is 0 Å². The lowest BCUT2D eigenvalue weighted by molar-refractivity contribution is 0.660. The SMILES string of the molecule is CC1(C)c2ccccc2-c2c(-c3cc(-c4ccc(N(c5ccccc5)c5ccc(-c6cc7ccccc7c7ccccc67)cc5)cc4)ccc3-c3ccccc3)cccc21. The predicted octanol–water partition coefficient (Wildman–Crippen LogP) is 16.4. The van der Waals surface area contributed by atoms with Crippen molar-refractivity contribution in [2.45, 2.75) is 19.3 Å². The van der Waals surface area contributed by atoms with Crippen LogP contribution < -0.4 is 4.90 Å². The Balaban J connectivity index is 0.992. The number of hydrogen-bond donors (Lipinski definition) is 0. The van der Waals surface area contributed by atoms with Crippen molar-refractivity contribution in [2.24, 2.45) is 0 Å². The average Bonchev–Trinajstić information content (AvgIpc) is 3.55. The van der Waals surface area contributed by atoms with Gasteiger partial charge in [-0.25, -0.2) is 0 Å². The monoisotopic (exact) mass is 765 g/mol. The first-order chi connectivity index (χ1) is 29.5. The topological polar surface area (TPSA) is 3.24 Å². The van der Waals surface area contributed by atoms with Crippen LogP contribution in [-0.2, 0) is 5.41 Å². The molecule has 0 heterocycles. The Morgan fingerprint density at radius 1 is 0.300 bits per heavy atom. The molecule has 10 aromatic carbocycles. The molecule has 0 saturated heterocycles. The van der Waals surface area contributed by atoms with Crippen LogP contribution in [0.1, 0.15) is 25.0 Å². The van der Waals surface area contributed by atoms with Crippen LogP contribution in [0.15, 0.2) is 224 Å². The van der Waals surface area contributed by atoms with Crippen LogP contribution in [0.3, 0.4) is 0 Å². The second-order valence-corrected chi connectivity index (χ2v) is 16.5. The number of benzene rings is 10. The largest absolute Gasteiger partial charge is 0.311 e. The van der Waals surface area contributed by atoms with Crippen molar-refractivity contribution in [1.29, 1.82) is 0 Å². The number of para-hydroxylation sites is 1. The van der Waals surface area contributed by atoms with Gasteiger partial charge in [0, 0.05) is 22.5 Å². The zero-order chi connectivity index (χ0) is 40.2. The van der Waals surface area contributed by atoms with Crippen molar-refractivity contribution >= 4 is 38.6 Å². The maximum Gasteiger partial charge on any atom is 0.0462 e. The summed E-state index contributed by atoms with van der Waals surface area (Å²) in [7, 11) is 0. The molecule has 0 atom stereocenters. The molecular formula is C59H43N. The van der Waals surface area contributed by atoms with Crippen LogP contribution in [0.4, 0.5) is 17.1 Å². The molecule has 1 heteroatoms. The zero-order valence-electron chi connectivity index (χ0n) is 33.8. The predicted molar refractivity (Wildman–Crippen MR) is 255 cm³/mol. The fraction of sp³-hybridized carbons (Fsp3) is 0.0508. The van der Waals surface area contributed by atoms with Gasteiger partial charge in [-0.15, -0.1) is 0 Å². The molecule has 0 aromatic heterocycles. The van der Waals surface area contributed by atoms with E-state index < -0.39 is 0 Å². The highest BCUT2D eigenvalue weighted by Gasteiger charge is 2.36. The molecule has 1 nitrogen and oxygen atoms in total. The zero-order valence-corrected chi connectivity index (χ0v) is 33.8. The molecule has 0 radical (unpaired) electrons. The summed E-state index contributed by atoms with van der Waals surface area (Å²) in [4.78, 5) is 2.35. The Morgan fingerprint density at radius 2 is 0.833 bits per heavy atom. The minimum Gasteiger partial charge on any atom is -0.311 e. The lowest BCUT2D eigenvalue weighted by Crippen LogP contribution is -2.14. The normalized spacial score (nSPS) is 12.6. The minimum absolute atomic E-state index is 0.0714. The van der Waals surface area contributed by atoms with Gasteiger partial charge in [0.05, 0.1) is 0 Å². The summed E-state index contributed by atoms with van der Waals surface area (Å²) in [6.07, 6.45) is 0. The first-order valence-electron chi connectivity index (χ1n) is 20.9. The van der Waals surface area contributed by atoms with Crippen LogP contribution in [0.2, 0.25) is 0 Å². The molecule has 11 rings (SSSR count). The molecule has 0 bridgehead atoms. The van der Waals surface area contributed by atoms with E-state index >= 15 is 0 Å². The molecule has 0 fully saturated rings. The standard InChI is InChI=1S/C59H43N/c1-59(2)56-26-14-13-24-53(56)58-52(25-15-27-57(58)59)55-38-43(32-37-49(55)41-16-5-3-6-17-41)40-28-33-46(34-29-40)60(45-19-7-4-8-20-45)47-35-30-42(31-36-47)54-39-44-18-9-10-21-48(44)50-22-11-12-23-51(50)54/h3-39H,1-2H3. The van der Waals surface area contributed by atoms with Gasteiger partial charge in [0.15, 0.2) is 0 Å². The lowest BCUT2D eigenvalue weighted by atomic mass is 9.81. The van der Waals surface area contributed by atoms with Crippen LogP contribution in [0.25, 0.3) is 77.2 Å². The maximum atomic E-state index is 2.41. The number of hydrogen-bond acceptors (Lipinski definition) is 1. The van der Waals surface area contributed by atoms with Crippen molar-refractivity contribution in [3.63, 3.8) is 0 Å². The molecule has 0 aliphatic heterocycles. The van der Waals surface area contributed by atoms with E-state index in [1.165, 1.54) is 88.3 Å². The highest BCUT2D eigenvalue weighted by Crippen LogP contribution is 2.53. The second kappa shape index (κ2) is 14.4. The number of anilines is 3. The Bertz CT molecular complexity index is 3200. The molecule has 0 spiro atoms. The molecule has 0 N–H and O–H groups in total. The molecule has 60 heavy (non-hydrogen) atoms. The summed E-state index contributed by atoms with van der Waals surface area (Å²) in [5.74, 6) is 0. The first-order valence-corrected chi connectivity index (χ1v) is 20.9. The van der Waals surface area contributed by atoms with Gasteiger partial charge >= 0.3 is 0 Å². The number of nitrogens with zero attached hydrogens (tertiary/aromatic N) is 1. The Labute approximate surface area is 352 Å². The minimum atomic E-state index is -0.0714. The van der Waals surface area contributed by atoms with E-state index in [1.54, 1.807) is 0 Å². The Morgan fingerprint density at radius 3 is 1.58 bits per heavy atom. The van der Waals surface area contributed by atoms with Crippen molar-refractivity contribution in [1.82, 2.24) is 0 Å². The summed E-state index contributed by atoms with van der Waals surface area (Å²) in [5.41, 5.74) is 18.5. The number of fused-ring (bicyclic) bond motifs is 6. The van der Waals surface area contributed by atoms with E-state index in [9.17, 15) is 0 Å². The van der Waals surface area contributed by atoms with Crippen LogP contribution in [0.5, 0.6) is 0 Å². The van der Waals surface area contributed by atoms with E-state index in [1.807, 2.05) is 0 Å². The van der Waals surface area contributed by atoms with E-state index in [0.29, 0.717) is 0 Å². The average molecular weight is 766 g/mol. The Hall–Kier alpha value is -7.48. The summed E-state index contributed by atoms with van der Waals surface area (Å²) in [6, 6.07) is 82.2. The van der Waals surface area contributed by atoms with Crippen LogP contribution in [-0.4, -0.2) is 0 Å². The second-order valence-electron chi connectivity index (χ2n) is 16.5. The molecule has 0 saturated carbocycles. The fourth-order valence-corrected chi connectivity index (χ4v) is 9.71.